The molecule has 0 saturated heterocycles. The normalized spacial score (nSPS) is 23.4. The molecule has 2 heterocycles. The molecule has 2 aromatic rings. The van der Waals surface area contributed by atoms with Gasteiger partial charge in [0, 0.05) is 17.2 Å². The third-order valence-electron chi connectivity index (χ3n) is 5.72. The fourth-order valence-corrected chi connectivity index (χ4v) is 4.12. The number of para-hydroxylation sites is 1. The van der Waals surface area contributed by atoms with Crippen molar-refractivity contribution in [2.75, 3.05) is 17.2 Å². The molecule has 3 atom stereocenters. The predicted molar refractivity (Wildman–Crippen MR) is 112 cm³/mol. The summed E-state index contributed by atoms with van der Waals surface area (Å²) in [5, 5.41) is 16.0. The molecule has 0 saturated carbocycles. The molecule has 2 aliphatic rings. The van der Waals surface area contributed by atoms with E-state index in [1.165, 1.54) is 5.57 Å². The maximum atomic E-state index is 5.70. The van der Waals surface area contributed by atoms with Gasteiger partial charge in [-0.1, -0.05) is 55.2 Å². The Morgan fingerprint density at radius 1 is 1.18 bits per heavy atom. The second-order valence-corrected chi connectivity index (χ2v) is 7.94. The quantitative estimate of drug-likeness (QED) is 0.570. The van der Waals surface area contributed by atoms with Crippen LogP contribution in [0.25, 0.3) is 11.3 Å². The first-order valence-electron chi connectivity index (χ1n) is 10.3. The lowest BCUT2D eigenvalue weighted by Crippen LogP contribution is -2.40. The maximum Gasteiger partial charge on any atom is 0.337 e. The summed E-state index contributed by atoms with van der Waals surface area (Å²) in [7, 11) is 0. The zero-order chi connectivity index (χ0) is 19.5. The van der Waals surface area contributed by atoms with E-state index in [1.54, 1.807) is 0 Å². The van der Waals surface area contributed by atoms with Gasteiger partial charge in [-0.05, 0) is 38.2 Å². The van der Waals surface area contributed by atoms with E-state index in [0.29, 0.717) is 24.5 Å². The SMILES string of the molecule is CCCCOc1nnc2c(n1)NC(C1CC=C(C)CC1C)Nc1ccccc1-2. The van der Waals surface area contributed by atoms with Crippen LogP contribution in [-0.2, 0) is 0 Å². The molecule has 2 N–H and O–H groups in total. The van der Waals surface area contributed by atoms with E-state index < -0.39 is 0 Å². The van der Waals surface area contributed by atoms with Crippen LogP contribution in [0.2, 0.25) is 0 Å². The molecule has 0 fully saturated rings. The number of allylic oxidation sites excluding steroid dienone is 2. The number of benzene rings is 1. The molecular weight excluding hydrogens is 350 g/mol. The highest BCUT2D eigenvalue weighted by molar-refractivity contribution is 5.84. The Kier molecular flexibility index (Phi) is 5.46. The Labute approximate surface area is 166 Å². The van der Waals surface area contributed by atoms with E-state index in [-0.39, 0.29) is 6.17 Å². The summed E-state index contributed by atoms with van der Waals surface area (Å²) in [6.07, 6.45) is 6.67. The molecule has 3 unspecified atom stereocenters. The van der Waals surface area contributed by atoms with Gasteiger partial charge >= 0.3 is 6.01 Å². The van der Waals surface area contributed by atoms with E-state index in [0.717, 1.165) is 48.4 Å². The molecule has 148 valence electrons. The minimum absolute atomic E-state index is 0.0712. The number of hydrogen-bond donors (Lipinski definition) is 2. The van der Waals surface area contributed by atoms with Crippen LogP contribution in [-0.4, -0.2) is 28.0 Å². The van der Waals surface area contributed by atoms with E-state index in [2.05, 4.69) is 64.8 Å². The number of aromatic nitrogens is 3. The number of fused-ring (bicyclic) bond motifs is 3. The zero-order valence-corrected chi connectivity index (χ0v) is 16.9. The maximum absolute atomic E-state index is 5.70. The topological polar surface area (TPSA) is 72.0 Å². The Bertz CT molecular complexity index is 866. The molecular formula is C22H29N5O. The Balaban J connectivity index is 1.68. The van der Waals surface area contributed by atoms with Gasteiger partial charge < -0.3 is 15.4 Å². The highest BCUT2D eigenvalue weighted by atomic mass is 16.5. The zero-order valence-electron chi connectivity index (χ0n) is 16.9. The average molecular weight is 380 g/mol. The standard InChI is InChI=1S/C22H29N5O/c1-4-5-12-28-22-25-21-19(26-27-22)17-8-6-7-9-18(17)23-20(24-21)16-11-10-14(2)13-15(16)3/h6-10,15-16,20,23H,4-5,11-13H2,1-3H3,(H,24,25,27). The third kappa shape index (κ3) is 3.81. The molecule has 1 aromatic carbocycles. The molecule has 1 aromatic heterocycles. The smallest absolute Gasteiger partial charge is 0.337 e. The first kappa shape index (κ1) is 18.7. The number of hydrogen-bond acceptors (Lipinski definition) is 6. The molecule has 0 bridgehead atoms. The first-order valence-corrected chi connectivity index (χ1v) is 10.3. The van der Waals surface area contributed by atoms with Gasteiger partial charge in [-0.3, -0.25) is 0 Å². The van der Waals surface area contributed by atoms with Crippen LogP contribution in [0.5, 0.6) is 6.01 Å². The van der Waals surface area contributed by atoms with Gasteiger partial charge in [-0.25, -0.2) is 0 Å². The lowest BCUT2D eigenvalue weighted by atomic mass is 9.79. The van der Waals surface area contributed by atoms with Crippen LogP contribution >= 0.6 is 0 Å². The second kappa shape index (κ2) is 8.17. The van der Waals surface area contributed by atoms with Gasteiger partial charge in [0.15, 0.2) is 5.82 Å². The minimum Gasteiger partial charge on any atom is -0.462 e. The third-order valence-corrected chi connectivity index (χ3v) is 5.72. The highest BCUT2D eigenvalue weighted by Gasteiger charge is 2.32. The van der Waals surface area contributed by atoms with Crippen LogP contribution in [0.3, 0.4) is 0 Å². The van der Waals surface area contributed by atoms with Gasteiger partial charge in [0.25, 0.3) is 0 Å². The van der Waals surface area contributed by atoms with Crippen molar-refractivity contribution in [2.45, 2.75) is 52.6 Å². The fraction of sp³-hybridized carbons (Fsp3) is 0.500. The Morgan fingerprint density at radius 3 is 2.86 bits per heavy atom. The number of nitrogens with zero attached hydrogens (tertiary/aromatic N) is 3. The fourth-order valence-electron chi connectivity index (χ4n) is 4.12. The Morgan fingerprint density at radius 2 is 2.04 bits per heavy atom. The molecule has 4 rings (SSSR count). The van der Waals surface area contributed by atoms with Crippen LogP contribution < -0.4 is 15.4 Å². The molecule has 28 heavy (non-hydrogen) atoms. The van der Waals surface area contributed by atoms with E-state index in [4.69, 9.17) is 4.74 Å². The number of nitrogens with one attached hydrogen (secondary N) is 2. The van der Waals surface area contributed by atoms with Crippen molar-refractivity contribution in [1.82, 2.24) is 15.2 Å². The first-order chi connectivity index (χ1) is 13.7. The lowest BCUT2D eigenvalue weighted by molar-refractivity contribution is 0.281. The van der Waals surface area contributed by atoms with Crippen molar-refractivity contribution in [3.05, 3.63) is 35.9 Å². The molecule has 1 aliphatic carbocycles. The second-order valence-electron chi connectivity index (χ2n) is 7.94. The summed E-state index contributed by atoms with van der Waals surface area (Å²) < 4.78 is 5.70. The van der Waals surface area contributed by atoms with Crippen molar-refractivity contribution in [3.63, 3.8) is 0 Å². The number of rotatable bonds is 5. The summed E-state index contributed by atoms with van der Waals surface area (Å²) in [6, 6.07) is 8.57. The summed E-state index contributed by atoms with van der Waals surface area (Å²) >= 11 is 0. The predicted octanol–water partition coefficient (Wildman–Crippen LogP) is 4.87. The lowest BCUT2D eigenvalue weighted by Gasteiger charge is -2.35. The van der Waals surface area contributed by atoms with E-state index in [1.807, 2.05) is 12.1 Å². The minimum atomic E-state index is 0.0712. The van der Waals surface area contributed by atoms with Gasteiger partial charge in [-0.15, -0.1) is 5.10 Å². The molecule has 0 radical (unpaired) electrons. The number of unbranched alkanes of at least 4 members (excludes halogenated alkanes) is 1. The van der Waals surface area contributed by atoms with Gasteiger partial charge in [-0.2, -0.15) is 4.98 Å². The van der Waals surface area contributed by atoms with Crippen LogP contribution in [0.15, 0.2) is 35.9 Å². The van der Waals surface area contributed by atoms with Gasteiger partial charge in [0.2, 0.25) is 0 Å². The van der Waals surface area contributed by atoms with Gasteiger partial charge in [0.1, 0.15) is 11.9 Å². The summed E-state index contributed by atoms with van der Waals surface area (Å²) in [6.45, 7) is 7.30. The van der Waals surface area contributed by atoms with Crippen LogP contribution in [0, 0.1) is 11.8 Å². The summed E-state index contributed by atoms with van der Waals surface area (Å²) in [4.78, 5) is 4.67. The molecule has 6 heteroatoms. The highest BCUT2D eigenvalue weighted by Crippen LogP contribution is 2.39. The largest absolute Gasteiger partial charge is 0.462 e. The van der Waals surface area contributed by atoms with Crippen molar-refractivity contribution in [3.8, 4) is 17.3 Å². The monoisotopic (exact) mass is 379 g/mol. The van der Waals surface area contributed by atoms with Gasteiger partial charge in [0.05, 0.1) is 6.61 Å². The summed E-state index contributed by atoms with van der Waals surface area (Å²) in [5.41, 5.74) is 4.33. The summed E-state index contributed by atoms with van der Waals surface area (Å²) in [5.74, 6) is 1.78. The van der Waals surface area contributed by atoms with Crippen molar-refractivity contribution in [1.29, 1.82) is 0 Å². The average Bonchev–Trinajstić information content (AvgIpc) is 2.84. The van der Waals surface area contributed by atoms with Crippen molar-refractivity contribution < 1.29 is 4.74 Å². The number of ether oxygens (including phenoxy) is 1. The molecule has 0 spiro atoms. The van der Waals surface area contributed by atoms with Crippen molar-refractivity contribution in [2.24, 2.45) is 11.8 Å². The molecule has 6 nitrogen and oxygen atoms in total. The van der Waals surface area contributed by atoms with Crippen LogP contribution in [0.4, 0.5) is 11.5 Å². The van der Waals surface area contributed by atoms with Crippen LogP contribution in [0.1, 0.15) is 46.5 Å². The molecule has 0 amide bonds. The number of anilines is 2. The van der Waals surface area contributed by atoms with E-state index in [9.17, 15) is 0 Å². The Hall–Kier alpha value is -2.63. The van der Waals surface area contributed by atoms with E-state index >= 15 is 0 Å². The van der Waals surface area contributed by atoms with Crippen molar-refractivity contribution >= 4 is 11.5 Å². The molecule has 1 aliphatic heterocycles.